The van der Waals surface area contributed by atoms with Crippen LogP contribution in [0.15, 0.2) is 30.4 Å². The predicted molar refractivity (Wildman–Crippen MR) is 74.0 cm³/mol. The molecule has 1 atom stereocenters. The average Bonchev–Trinajstić information content (AvgIpc) is 3.08. The van der Waals surface area contributed by atoms with Gasteiger partial charge in [-0.3, -0.25) is 0 Å². The van der Waals surface area contributed by atoms with Gasteiger partial charge in [0.1, 0.15) is 0 Å². The highest BCUT2D eigenvalue weighted by Gasteiger charge is 2.49. The van der Waals surface area contributed by atoms with Gasteiger partial charge in [0.25, 0.3) is 0 Å². The van der Waals surface area contributed by atoms with Crippen LogP contribution in [0.5, 0.6) is 0 Å². The van der Waals surface area contributed by atoms with Crippen molar-refractivity contribution in [2.75, 3.05) is 5.32 Å². The summed E-state index contributed by atoms with van der Waals surface area (Å²) in [7, 11) is 0. The molecule has 1 spiro atoms. The van der Waals surface area contributed by atoms with Crippen LogP contribution in [0.25, 0.3) is 0 Å². The number of fused-ring (bicyclic) bond motifs is 2. The second kappa shape index (κ2) is 4.27. The van der Waals surface area contributed by atoms with Crippen LogP contribution in [0, 0.1) is 0 Å². The molecule has 1 aliphatic heterocycles. The topological polar surface area (TPSA) is 12.0 Å². The van der Waals surface area contributed by atoms with Crippen molar-refractivity contribution < 1.29 is 13.2 Å². The highest BCUT2D eigenvalue weighted by atomic mass is 19.4. The number of alkyl halides is 3. The number of halogens is 3. The van der Waals surface area contributed by atoms with E-state index in [4.69, 9.17) is 0 Å². The summed E-state index contributed by atoms with van der Waals surface area (Å²) in [5.41, 5.74) is 3.58. The van der Waals surface area contributed by atoms with Gasteiger partial charge < -0.3 is 5.32 Å². The fourth-order valence-electron chi connectivity index (χ4n) is 3.16. The first kappa shape index (κ1) is 13.5. The molecule has 1 saturated carbocycles. The molecule has 1 nitrogen and oxygen atoms in total. The normalized spacial score (nSPS) is 23.1. The number of hydrogen-bond donors (Lipinski definition) is 1. The standard InChI is InChI=1S/C16H18F3N/c1-10(2)14-9-15(5-6-15)12-7-11(8-16(17,18)19)3-4-13(12)20-14/h3-4,7,14,20H,1,5-6,8-9H2,2H3. The maximum atomic E-state index is 12.5. The Hall–Kier alpha value is -1.45. The maximum Gasteiger partial charge on any atom is 0.393 e. The van der Waals surface area contributed by atoms with Gasteiger partial charge in [-0.05, 0) is 48.8 Å². The molecule has 4 heteroatoms. The first-order valence-corrected chi connectivity index (χ1v) is 6.91. The molecule has 0 aromatic heterocycles. The van der Waals surface area contributed by atoms with Crippen molar-refractivity contribution in [3.05, 3.63) is 41.5 Å². The molecule has 0 bridgehead atoms. The second-order valence-electron chi connectivity index (χ2n) is 6.20. The van der Waals surface area contributed by atoms with Crippen molar-refractivity contribution in [2.24, 2.45) is 0 Å². The number of benzene rings is 1. The van der Waals surface area contributed by atoms with Crippen LogP contribution in [0.4, 0.5) is 18.9 Å². The Bertz CT molecular complexity index is 555. The van der Waals surface area contributed by atoms with E-state index in [1.807, 2.05) is 6.92 Å². The summed E-state index contributed by atoms with van der Waals surface area (Å²) >= 11 is 0. The molecular weight excluding hydrogens is 263 g/mol. The van der Waals surface area contributed by atoms with E-state index in [2.05, 4.69) is 11.9 Å². The largest absolute Gasteiger partial charge is 0.393 e. The molecule has 2 aliphatic rings. The third-order valence-electron chi connectivity index (χ3n) is 4.43. The zero-order valence-corrected chi connectivity index (χ0v) is 11.5. The molecule has 1 aromatic rings. The average molecular weight is 281 g/mol. The Morgan fingerprint density at radius 2 is 2.10 bits per heavy atom. The monoisotopic (exact) mass is 281 g/mol. The lowest BCUT2D eigenvalue weighted by atomic mass is 9.81. The van der Waals surface area contributed by atoms with Gasteiger partial charge in [0.15, 0.2) is 0 Å². The first-order valence-electron chi connectivity index (χ1n) is 6.91. The number of hydrogen-bond acceptors (Lipinski definition) is 1. The highest BCUT2D eigenvalue weighted by molar-refractivity contribution is 5.62. The van der Waals surface area contributed by atoms with Crippen molar-refractivity contribution in [2.45, 2.75) is 50.2 Å². The van der Waals surface area contributed by atoms with Crippen LogP contribution in [-0.4, -0.2) is 12.2 Å². The van der Waals surface area contributed by atoms with Gasteiger partial charge in [-0.25, -0.2) is 0 Å². The van der Waals surface area contributed by atoms with Gasteiger partial charge in [0.2, 0.25) is 0 Å². The molecule has 1 N–H and O–H groups in total. The second-order valence-corrected chi connectivity index (χ2v) is 6.20. The van der Waals surface area contributed by atoms with Crippen LogP contribution in [-0.2, 0) is 11.8 Å². The van der Waals surface area contributed by atoms with Crippen molar-refractivity contribution in [3.8, 4) is 0 Å². The molecule has 1 heterocycles. The predicted octanol–water partition coefficient (Wildman–Crippen LogP) is 4.58. The molecule has 1 unspecified atom stereocenters. The molecule has 3 rings (SSSR count). The van der Waals surface area contributed by atoms with E-state index in [1.165, 1.54) is 0 Å². The summed E-state index contributed by atoms with van der Waals surface area (Å²) in [5, 5.41) is 3.40. The van der Waals surface area contributed by atoms with Gasteiger partial charge in [0.05, 0.1) is 6.42 Å². The van der Waals surface area contributed by atoms with Crippen molar-refractivity contribution in [1.29, 1.82) is 0 Å². The molecule has 0 saturated heterocycles. The van der Waals surface area contributed by atoms with Gasteiger partial charge >= 0.3 is 6.18 Å². The van der Waals surface area contributed by atoms with Crippen LogP contribution in [0.2, 0.25) is 0 Å². The van der Waals surface area contributed by atoms with Crippen LogP contribution in [0.3, 0.4) is 0 Å². The molecule has 20 heavy (non-hydrogen) atoms. The van der Waals surface area contributed by atoms with E-state index in [-0.39, 0.29) is 11.5 Å². The van der Waals surface area contributed by atoms with Gasteiger partial charge in [-0.1, -0.05) is 24.3 Å². The maximum absolute atomic E-state index is 12.5. The fraction of sp³-hybridized carbons (Fsp3) is 0.500. The third-order valence-corrected chi connectivity index (χ3v) is 4.43. The first-order chi connectivity index (χ1) is 9.29. The molecule has 0 radical (unpaired) electrons. The minimum atomic E-state index is -4.15. The van der Waals surface area contributed by atoms with E-state index in [1.54, 1.807) is 18.2 Å². The fourth-order valence-corrected chi connectivity index (χ4v) is 3.16. The summed E-state index contributed by atoms with van der Waals surface area (Å²) < 4.78 is 37.6. The molecule has 1 aliphatic carbocycles. The lowest BCUT2D eigenvalue weighted by molar-refractivity contribution is -0.127. The van der Waals surface area contributed by atoms with E-state index in [9.17, 15) is 13.2 Å². The highest BCUT2D eigenvalue weighted by Crippen LogP contribution is 2.57. The van der Waals surface area contributed by atoms with E-state index in [0.717, 1.165) is 36.1 Å². The summed E-state index contributed by atoms with van der Waals surface area (Å²) in [5.74, 6) is 0. The van der Waals surface area contributed by atoms with Gasteiger partial charge in [0, 0.05) is 11.7 Å². The van der Waals surface area contributed by atoms with Crippen LogP contribution in [0.1, 0.15) is 37.3 Å². The summed E-state index contributed by atoms with van der Waals surface area (Å²) in [6.07, 6.45) is -1.90. The Morgan fingerprint density at radius 1 is 1.40 bits per heavy atom. The van der Waals surface area contributed by atoms with Crippen molar-refractivity contribution in [3.63, 3.8) is 0 Å². The van der Waals surface area contributed by atoms with Crippen LogP contribution < -0.4 is 5.32 Å². The molecule has 1 aromatic carbocycles. The van der Waals surface area contributed by atoms with Crippen LogP contribution >= 0.6 is 0 Å². The minimum absolute atomic E-state index is 0.0891. The van der Waals surface area contributed by atoms with Crippen molar-refractivity contribution >= 4 is 5.69 Å². The van der Waals surface area contributed by atoms with Gasteiger partial charge in [-0.2, -0.15) is 13.2 Å². The van der Waals surface area contributed by atoms with E-state index >= 15 is 0 Å². The smallest absolute Gasteiger partial charge is 0.378 e. The van der Waals surface area contributed by atoms with Gasteiger partial charge in [-0.15, -0.1) is 0 Å². The van der Waals surface area contributed by atoms with E-state index in [0.29, 0.717) is 5.56 Å². The minimum Gasteiger partial charge on any atom is -0.378 e. The lowest BCUT2D eigenvalue weighted by Gasteiger charge is -2.34. The zero-order chi connectivity index (χ0) is 14.5. The zero-order valence-electron chi connectivity index (χ0n) is 11.5. The third kappa shape index (κ3) is 2.43. The molecule has 1 fully saturated rings. The summed E-state index contributed by atoms with van der Waals surface area (Å²) in [4.78, 5) is 0. The SMILES string of the molecule is C=C(C)C1CC2(CC2)c2cc(CC(F)(F)F)ccc2N1. The summed E-state index contributed by atoms with van der Waals surface area (Å²) in [6.45, 7) is 6.00. The van der Waals surface area contributed by atoms with E-state index < -0.39 is 12.6 Å². The Balaban J connectivity index is 1.94. The van der Waals surface area contributed by atoms with Crippen molar-refractivity contribution in [1.82, 2.24) is 0 Å². The molecule has 0 amide bonds. The summed E-state index contributed by atoms with van der Waals surface area (Å²) in [6, 6.07) is 5.36. The Labute approximate surface area is 116 Å². The molecular formula is C16H18F3N. The lowest BCUT2D eigenvalue weighted by Crippen LogP contribution is -2.32. The quantitative estimate of drug-likeness (QED) is 0.782. The number of rotatable bonds is 2. The molecule has 108 valence electrons. The Kier molecular flexibility index (Phi) is 2.89. The number of anilines is 1. The number of nitrogens with one attached hydrogen (secondary N) is 1. The Morgan fingerprint density at radius 3 is 2.65 bits per heavy atom.